The lowest BCUT2D eigenvalue weighted by molar-refractivity contribution is -0.144. The number of nitrogens with zero attached hydrogens (tertiary/aromatic N) is 1. The van der Waals surface area contributed by atoms with Crippen LogP contribution in [-0.4, -0.2) is 29.3 Å². The summed E-state index contributed by atoms with van der Waals surface area (Å²) in [5.74, 6) is -0.0365. The van der Waals surface area contributed by atoms with E-state index in [2.05, 4.69) is 5.32 Å². The van der Waals surface area contributed by atoms with Crippen molar-refractivity contribution in [3.63, 3.8) is 0 Å². The molecule has 1 N–H and O–H groups in total. The maximum Gasteiger partial charge on any atom is 0.245 e. The summed E-state index contributed by atoms with van der Waals surface area (Å²) in [5.41, 5.74) is 1.18. The van der Waals surface area contributed by atoms with Crippen LogP contribution in [0.3, 0.4) is 0 Å². The first-order valence-corrected chi connectivity index (χ1v) is 6.61. The van der Waals surface area contributed by atoms with Gasteiger partial charge in [-0.2, -0.15) is 0 Å². The number of hydrogen-bond acceptors (Lipinski definition) is 3. The van der Waals surface area contributed by atoms with Crippen molar-refractivity contribution < 1.29 is 9.59 Å². The minimum absolute atomic E-state index is 0.0277. The summed E-state index contributed by atoms with van der Waals surface area (Å²) < 4.78 is 0. The van der Waals surface area contributed by atoms with Crippen LogP contribution >= 0.6 is 11.3 Å². The van der Waals surface area contributed by atoms with E-state index in [0.29, 0.717) is 13.0 Å². The number of aryl methyl sites for hydroxylation is 1. The van der Waals surface area contributed by atoms with Crippen molar-refractivity contribution in [1.82, 2.24) is 10.2 Å². The van der Waals surface area contributed by atoms with Gasteiger partial charge in [-0.15, -0.1) is 11.3 Å². The fourth-order valence-corrected chi connectivity index (χ4v) is 2.84. The fourth-order valence-electron chi connectivity index (χ4n) is 1.92. The summed E-state index contributed by atoms with van der Waals surface area (Å²) in [6.45, 7) is 4.65. The minimum atomic E-state index is -0.350. The Hall–Kier alpha value is -1.36. The van der Waals surface area contributed by atoms with E-state index in [1.165, 1.54) is 5.56 Å². The number of carbonyl (C=O) groups excluding carboxylic acids is 2. The molecule has 2 amide bonds. The van der Waals surface area contributed by atoms with E-state index in [1.807, 2.05) is 25.3 Å². The third-order valence-electron chi connectivity index (χ3n) is 2.99. The largest absolute Gasteiger partial charge is 0.343 e. The van der Waals surface area contributed by atoms with Crippen molar-refractivity contribution in [2.24, 2.45) is 0 Å². The highest BCUT2D eigenvalue weighted by atomic mass is 32.1. The van der Waals surface area contributed by atoms with Crippen molar-refractivity contribution in [3.05, 3.63) is 21.9 Å². The Bertz CT molecular complexity index is 441. The summed E-state index contributed by atoms with van der Waals surface area (Å²) >= 11 is 1.63. The number of nitrogens with one attached hydrogen (secondary N) is 1. The highest BCUT2D eigenvalue weighted by Crippen LogP contribution is 2.19. The SMILES string of the molecule is CCC1NC(=O)CN(Cc2sccc2C)C1=O. The highest BCUT2D eigenvalue weighted by molar-refractivity contribution is 7.10. The number of rotatable bonds is 3. The summed E-state index contributed by atoms with van der Waals surface area (Å²) in [4.78, 5) is 26.4. The Morgan fingerprint density at radius 1 is 1.53 bits per heavy atom. The lowest BCUT2D eigenvalue weighted by atomic mass is 10.1. The molecule has 0 bridgehead atoms. The number of carbonyl (C=O) groups is 2. The van der Waals surface area contributed by atoms with Crippen molar-refractivity contribution in [1.29, 1.82) is 0 Å². The quantitative estimate of drug-likeness (QED) is 0.881. The highest BCUT2D eigenvalue weighted by Gasteiger charge is 2.31. The molecule has 2 heterocycles. The van der Waals surface area contributed by atoms with E-state index in [1.54, 1.807) is 16.2 Å². The molecule has 1 atom stereocenters. The molecular formula is C12H16N2O2S. The minimum Gasteiger partial charge on any atom is -0.343 e. The first-order chi connectivity index (χ1) is 8.11. The van der Waals surface area contributed by atoms with Crippen LogP contribution in [0, 0.1) is 6.92 Å². The molecule has 17 heavy (non-hydrogen) atoms. The molecule has 0 spiro atoms. The van der Waals surface area contributed by atoms with Gasteiger partial charge in [-0.05, 0) is 30.4 Å². The van der Waals surface area contributed by atoms with Crippen molar-refractivity contribution in [2.75, 3.05) is 6.54 Å². The second-order valence-electron chi connectivity index (χ2n) is 4.25. The van der Waals surface area contributed by atoms with E-state index in [-0.39, 0.29) is 24.4 Å². The molecule has 1 aliphatic rings. The summed E-state index contributed by atoms with van der Waals surface area (Å²) in [7, 11) is 0. The molecule has 92 valence electrons. The Balaban J connectivity index is 2.12. The van der Waals surface area contributed by atoms with Gasteiger partial charge in [-0.25, -0.2) is 0 Å². The first-order valence-electron chi connectivity index (χ1n) is 5.73. The Kier molecular flexibility index (Phi) is 3.47. The topological polar surface area (TPSA) is 49.4 Å². The van der Waals surface area contributed by atoms with Gasteiger partial charge in [0.05, 0.1) is 13.1 Å². The van der Waals surface area contributed by atoms with Crippen molar-refractivity contribution in [3.8, 4) is 0 Å². The lowest BCUT2D eigenvalue weighted by Crippen LogP contribution is -2.57. The maximum atomic E-state index is 12.1. The van der Waals surface area contributed by atoms with E-state index in [4.69, 9.17) is 0 Å². The molecule has 4 nitrogen and oxygen atoms in total. The van der Waals surface area contributed by atoms with Crippen LogP contribution in [0.15, 0.2) is 11.4 Å². The van der Waals surface area contributed by atoms with Crippen LogP contribution in [0.1, 0.15) is 23.8 Å². The van der Waals surface area contributed by atoms with E-state index < -0.39 is 0 Å². The van der Waals surface area contributed by atoms with Crippen LogP contribution in [0.5, 0.6) is 0 Å². The number of hydrogen-bond donors (Lipinski definition) is 1. The molecule has 1 aromatic rings. The molecule has 1 aliphatic heterocycles. The fraction of sp³-hybridized carbons (Fsp3) is 0.500. The predicted molar refractivity (Wildman–Crippen MR) is 66.7 cm³/mol. The van der Waals surface area contributed by atoms with E-state index >= 15 is 0 Å². The summed E-state index contributed by atoms with van der Waals surface area (Å²) in [6.07, 6.45) is 0.643. The molecule has 0 saturated carbocycles. The lowest BCUT2D eigenvalue weighted by Gasteiger charge is -2.31. The van der Waals surface area contributed by atoms with Gasteiger partial charge < -0.3 is 10.2 Å². The van der Waals surface area contributed by atoms with Crippen molar-refractivity contribution >= 4 is 23.2 Å². The predicted octanol–water partition coefficient (Wildman–Crippen LogP) is 1.29. The molecule has 5 heteroatoms. The molecule has 1 aromatic heterocycles. The maximum absolute atomic E-state index is 12.1. The van der Waals surface area contributed by atoms with E-state index in [0.717, 1.165) is 4.88 Å². The van der Waals surface area contributed by atoms with Gasteiger partial charge >= 0.3 is 0 Å². The van der Waals surface area contributed by atoms with Gasteiger partial charge in [0.25, 0.3) is 0 Å². The zero-order chi connectivity index (χ0) is 12.4. The van der Waals surface area contributed by atoms with Crippen LogP contribution < -0.4 is 5.32 Å². The molecule has 0 radical (unpaired) electrons. The third-order valence-corrected chi connectivity index (χ3v) is 4.00. The average molecular weight is 252 g/mol. The van der Waals surface area contributed by atoms with Crippen LogP contribution in [0.2, 0.25) is 0 Å². The Morgan fingerprint density at radius 3 is 2.88 bits per heavy atom. The first kappa shape index (κ1) is 12.1. The Morgan fingerprint density at radius 2 is 2.29 bits per heavy atom. The number of thiophene rings is 1. The van der Waals surface area contributed by atoms with Gasteiger partial charge in [0.2, 0.25) is 11.8 Å². The molecule has 1 saturated heterocycles. The summed E-state index contributed by atoms with van der Waals surface area (Å²) in [6, 6.07) is 1.68. The van der Waals surface area contributed by atoms with Crippen LogP contribution in [-0.2, 0) is 16.1 Å². The number of amides is 2. The van der Waals surface area contributed by atoms with Crippen molar-refractivity contribution in [2.45, 2.75) is 32.9 Å². The summed E-state index contributed by atoms with van der Waals surface area (Å²) in [5, 5.41) is 4.72. The molecule has 1 fully saturated rings. The van der Waals surface area contributed by atoms with E-state index in [9.17, 15) is 9.59 Å². The second-order valence-corrected chi connectivity index (χ2v) is 5.25. The second kappa shape index (κ2) is 4.87. The molecule has 0 aliphatic carbocycles. The van der Waals surface area contributed by atoms with Crippen LogP contribution in [0.25, 0.3) is 0 Å². The molecular weight excluding hydrogens is 236 g/mol. The smallest absolute Gasteiger partial charge is 0.245 e. The monoisotopic (exact) mass is 252 g/mol. The number of piperazine rings is 1. The zero-order valence-corrected chi connectivity index (χ0v) is 10.8. The third kappa shape index (κ3) is 2.49. The standard InChI is InChI=1S/C12H16N2O2S/c1-3-9-12(16)14(7-11(15)13-9)6-10-8(2)4-5-17-10/h4-5,9H,3,6-7H2,1-2H3,(H,13,15). The molecule has 2 rings (SSSR count). The normalized spacial score (nSPS) is 20.6. The van der Waals surface area contributed by atoms with Gasteiger partial charge in [-0.3, -0.25) is 9.59 Å². The zero-order valence-electron chi connectivity index (χ0n) is 10.0. The van der Waals surface area contributed by atoms with Crippen LogP contribution in [0.4, 0.5) is 0 Å². The van der Waals surface area contributed by atoms with Gasteiger partial charge in [0.1, 0.15) is 6.04 Å². The van der Waals surface area contributed by atoms with Gasteiger partial charge in [0, 0.05) is 4.88 Å². The average Bonchev–Trinajstić information content (AvgIpc) is 2.69. The Labute approximate surface area is 105 Å². The molecule has 0 aromatic carbocycles. The molecule has 1 unspecified atom stereocenters. The van der Waals surface area contributed by atoms with Gasteiger partial charge in [-0.1, -0.05) is 6.92 Å². The van der Waals surface area contributed by atoms with Gasteiger partial charge in [0.15, 0.2) is 0 Å².